The first-order valence-corrected chi connectivity index (χ1v) is 16.7. The number of methoxy groups -OCH3 is 2. The van der Waals surface area contributed by atoms with E-state index >= 15 is 0 Å². The Morgan fingerprint density at radius 1 is 0.922 bits per heavy atom. The second-order valence-electron chi connectivity index (χ2n) is 13.7. The smallest absolute Gasteiger partial charge is 0.351 e. The predicted octanol–water partition coefficient (Wildman–Crippen LogP) is 6.62. The molecule has 1 aromatic heterocycles. The maximum Gasteiger partial charge on any atom is 0.351 e. The minimum absolute atomic E-state index is 0.00190. The van der Waals surface area contributed by atoms with Crippen LogP contribution in [0.2, 0.25) is 0 Å². The maximum atomic E-state index is 13.9. The summed E-state index contributed by atoms with van der Waals surface area (Å²) in [6.45, 7) is 12.3. The lowest BCUT2D eigenvalue weighted by molar-refractivity contribution is -0.242. The zero-order valence-electron chi connectivity index (χ0n) is 30.0. The van der Waals surface area contributed by atoms with Crippen LogP contribution in [0.1, 0.15) is 64.0 Å². The number of hydrogen-bond donors (Lipinski definition) is 1. The van der Waals surface area contributed by atoms with Gasteiger partial charge in [-0.25, -0.2) is 4.79 Å². The van der Waals surface area contributed by atoms with Gasteiger partial charge >= 0.3 is 17.6 Å². The summed E-state index contributed by atoms with van der Waals surface area (Å²) < 4.78 is 30.1. The highest BCUT2D eigenvalue weighted by molar-refractivity contribution is 5.76. The normalized spacial score (nSPS) is 18.9. The fraction of sp³-hybridized carbons (Fsp3) is 0.350. The average Bonchev–Trinajstić information content (AvgIpc) is 3.47. The van der Waals surface area contributed by atoms with Crippen LogP contribution >= 0.6 is 0 Å². The zero-order valence-corrected chi connectivity index (χ0v) is 30.0. The van der Waals surface area contributed by atoms with Gasteiger partial charge in [-0.3, -0.25) is 14.2 Å². The molecule has 0 amide bonds. The Morgan fingerprint density at radius 3 is 1.94 bits per heavy atom. The highest BCUT2D eigenvalue weighted by Gasteiger charge is 2.54. The van der Waals surface area contributed by atoms with Crippen molar-refractivity contribution < 1.29 is 33.3 Å². The van der Waals surface area contributed by atoms with Gasteiger partial charge in [0.1, 0.15) is 29.1 Å². The average molecular weight is 696 g/mol. The van der Waals surface area contributed by atoms with Crippen LogP contribution in [0.25, 0.3) is 0 Å². The molecule has 3 atom stereocenters. The molecule has 2 heterocycles. The number of anilines is 1. The van der Waals surface area contributed by atoms with Crippen molar-refractivity contribution in [3.63, 3.8) is 0 Å². The molecular formula is C40H45N3O8. The monoisotopic (exact) mass is 695 g/mol. The molecule has 1 fully saturated rings. The first kappa shape index (κ1) is 36.9. The van der Waals surface area contributed by atoms with Crippen molar-refractivity contribution in [2.45, 2.75) is 64.7 Å². The molecule has 3 aromatic carbocycles. The van der Waals surface area contributed by atoms with Crippen LogP contribution in [0.3, 0.4) is 0 Å². The molecule has 0 radical (unpaired) electrons. The van der Waals surface area contributed by atoms with E-state index in [1.54, 1.807) is 61.1 Å². The van der Waals surface area contributed by atoms with Gasteiger partial charge in [0.05, 0.1) is 25.6 Å². The third kappa shape index (κ3) is 7.53. The van der Waals surface area contributed by atoms with Crippen LogP contribution < -0.4 is 20.5 Å². The van der Waals surface area contributed by atoms with Crippen LogP contribution in [0.4, 0.5) is 5.82 Å². The van der Waals surface area contributed by atoms with Crippen molar-refractivity contribution >= 4 is 17.8 Å². The first-order valence-electron chi connectivity index (χ1n) is 16.7. The number of carbonyl (C=O) groups excluding carboxylic acids is 2. The third-order valence-electron chi connectivity index (χ3n) is 8.77. The summed E-state index contributed by atoms with van der Waals surface area (Å²) in [5, 5.41) is 3.59. The molecule has 1 N–H and O–H groups in total. The number of aromatic nitrogens is 2. The number of nitrogens with one attached hydrogen (secondary N) is 1. The molecule has 0 saturated carbocycles. The number of benzene rings is 3. The summed E-state index contributed by atoms with van der Waals surface area (Å²) in [6.07, 6.45) is 0.772. The third-order valence-corrected chi connectivity index (χ3v) is 8.77. The van der Waals surface area contributed by atoms with Gasteiger partial charge in [-0.05, 0) is 73.9 Å². The lowest BCUT2D eigenvalue weighted by Gasteiger charge is -2.37. The molecule has 11 nitrogen and oxygen atoms in total. The Kier molecular flexibility index (Phi) is 10.7. The second-order valence-corrected chi connectivity index (χ2v) is 13.7. The molecule has 11 heteroatoms. The lowest BCUT2D eigenvalue weighted by Crippen LogP contribution is -2.46. The van der Waals surface area contributed by atoms with E-state index in [2.05, 4.69) is 16.9 Å². The topological polar surface area (TPSA) is 127 Å². The van der Waals surface area contributed by atoms with Gasteiger partial charge in [0, 0.05) is 12.6 Å². The molecule has 1 aliphatic rings. The van der Waals surface area contributed by atoms with Gasteiger partial charge in [-0.1, -0.05) is 75.0 Å². The van der Waals surface area contributed by atoms with Gasteiger partial charge in [0.25, 0.3) is 5.79 Å². The van der Waals surface area contributed by atoms with Gasteiger partial charge in [0.15, 0.2) is 6.10 Å². The summed E-state index contributed by atoms with van der Waals surface area (Å²) in [6, 6.07) is 26.9. The fourth-order valence-electron chi connectivity index (χ4n) is 5.85. The van der Waals surface area contributed by atoms with E-state index in [4.69, 9.17) is 23.7 Å². The van der Waals surface area contributed by atoms with Crippen LogP contribution in [0.5, 0.6) is 11.5 Å². The van der Waals surface area contributed by atoms with Crippen molar-refractivity contribution in [3.8, 4) is 11.5 Å². The number of rotatable bonds is 12. The SMILES string of the molecule is C=C[C@]1(OC(=O)C(C)(C)C)O[C@@H](n2ccc(NC(c3ccccc3)(c3ccc(OC)cc3)c3ccc(OC)cc3)nc2=O)C[C@@H]1OC(=O)C(C)C. The number of nitrogens with zero attached hydrogens (tertiary/aromatic N) is 2. The molecule has 0 bridgehead atoms. The summed E-state index contributed by atoms with van der Waals surface area (Å²) in [5.74, 6) is -1.74. The van der Waals surface area contributed by atoms with Crippen LogP contribution in [-0.4, -0.2) is 47.6 Å². The van der Waals surface area contributed by atoms with Crippen LogP contribution in [0, 0.1) is 11.3 Å². The number of ether oxygens (including phenoxy) is 5. The molecule has 0 aliphatic carbocycles. The minimum atomic E-state index is -1.83. The van der Waals surface area contributed by atoms with Gasteiger partial charge in [-0.2, -0.15) is 4.98 Å². The van der Waals surface area contributed by atoms with E-state index in [1.807, 2.05) is 78.9 Å². The second kappa shape index (κ2) is 14.8. The van der Waals surface area contributed by atoms with E-state index < -0.39 is 52.6 Å². The largest absolute Gasteiger partial charge is 0.497 e. The molecule has 0 spiro atoms. The van der Waals surface area contributed by atoms with E-state index in [0.717, 1.165) is 16.7 Å². The van der Waals surface area contributed by atoms with E-state index in [0.29, 0.717) is 11.5 Å². The Morgan fingerprint density at radius 2 is 1.47 bits per heavy atom. The zero-order chi connectivity index (χ0) is 37.0. The Labute approximate surface area is 298 Å². The highest BCUT2D eigenvalue weighted by atomic mass is 16.8. The van der Waals surface area contributed by atoms with Gasteiger partial charge < -0.3 is 29.0 Å². The molecular weight excluding hydrogens is 650 g/mol. The summed E-state index contributed by atoms with van der Waals surface area (Å²) in [4.78, 5) is 44.1. The number of hydrogen-bond acceptors (Lipinski definition) is 10. The number of esters is 2. The molecule has 0 unspecified atom stereocenters. The predicted molar refractivity (Wildman–Crippen MR) is 192 cm³/mol. The first-order chi connectivity index (χ1) is 24.3. The van der Waals surface area contributed by atoms with Crippen LogP contribution in [-0.2, 0) is 29.3 Å². The van der Waals surface area contributed by atoms with E-state index in [-0.39, 0.29) is 12.2 Å². The molecule has 4 aromatic rings. The Balaban J connectivity index is 1.57. The minimum Gasteiger partial charge on any atom is -0.497 e. The van der Waals surface area contributed by atoms with E-state index in [9.17, 15) is 14.4 Å². The Bertz CT molecular complexity index is 1850. The molecule has 268 valence electrons. The highest BCUT2D eigenvalue weighted by Crippen LogP contribution is 2.43. The van der Waals surface area contributed by atoms with Crippen molar-refractivity contribution in [3.05, 3.63) is 131 Å². The van der Waals surface area contributed by atoms with Crippen molar-refractivity contribution in [1.82, 2.24) is 9.55 Å². The molecule has 1 aliphatic heterocycles. The lowest BCUT2D eigenvalue weighted by atomic mass is 9.77. The summed E-state index contributed by atoms with van der Waals surface area (Å²) in [7, 11) is 3.22. The maximum absolute atomic E-state index is 13.9. The summed E-state index contributed by atoms with van der Waals surface area (Å²) >= 11 is 0. The van der Waals surface area contributed by atoms with Gasteiger partial charge in [0.2, 0.25) is 0 Å². The summed E-state index contributed by atoms with van der Waals surface area (Å²) in [5.41, 5.74) is 0.0374. The van der Waals surface area contributed by atoms with Crippen molar-refractivity contribution in [2.24, 2.45) is 11.3 Å². The quantitative estimate of drug-likeness (QED) is 0.0981. The van der Waals surface area contributed by atoms with Gasteiger partial charge in [-0.15, -0.1) is 0 Å². The standard InChI is InChI=1S/C40H45N3O8/c1-9-39(51-36(45)38(4,5)6)32(49-35(44)26(2)3)25-34(50-39)43-24-23-33(41-37(43)46)42-40(27-13-11-10-12-14-27,28-15-19-30(47-7)20-16-28)29-17-21-31(48-8)22-18-29/h9-24,26,32,34H,1,25H2,2-8H3,(H,41,42,46)/t32-,34+,39+/m0/s1. The van der Waals surface area contributed by atoms with Crippen molar-refractivity contribution in [1.29, 1.82) is 0 Å². The molecule has 1 saturated heterocycles. The number of carbonyl (C=O) groups is 2. The molecule has 51 heavy (non-hydrogen) atoms. The Hall–Kier alpha value is -5.42. The van der Waals surface area contributed by atoms with Crippen LogP contribution in [0.15, 0.2) is 109 Å². The molecule has 5 rings (SSSR count). The van der Waals surface area contributed by atoms with E-state index in [1.165, 1.54) is 10.6 Å². The fourth-order valence-corrected chi connectivity index (χ4v) is 5.85. The van der Waals surface area contributed by atoms with Crippen molar-refractivity contribution in [2.75, 3.05) is 19.5 Å².